The molecule has 0 bridgehead atoms. The minimum atomic E-state index is -4.71. The number of benzene rings is 1. The van der Waals surface area contributed by atoms with Crippen molar-refractivity contribution in [1.82, 2.24) is 14.7 Å². The molecule has 1 amide bonds. The van der Waals surface area contributed by atoms with E-state index in [0.717, 1.165) is 16.4 Å². The first-order chi connectivity index (χ1) is 12.2. The van der Waals surface area contributed by atoms with Crippen LogP contribution in [0, 0.1) is 6.92 Å². The summed E-state index contributed by atoms with van der Waals surface area (Å²) in [6.07, 6.45) is -4.18. The first-order valence-electron chi connectivity index (χ1n) is 8.34. The summed E-state index contributed by atoms with van der Waals surface area (Å²) in [6.45, 7) is 5.91. The van der Waals surface area contributed by atoms with Crippen LogP contribution in [0.4, 0.5) is 13.2 Å². The zero-order chi connectivity index (χ0) is 19.1. The SMILES string of the molecule is Cc1ccc(-n2ncc(C(=O)N3C[C@@H](C)O[C@H](C)C3)c2C(F)(F)F)cc1. The Morgan fingerprint density at radius 2 is 1.73 bits per heavy atom. The second-order valence-electron chi connectivity index (χ2n) is 6.62. The van der Waals surface area contributed by atoms with Crippen molar-refractivity contribution in [3.63, 3.8) is 0 Å². The van der Waals surface area contributed by atoms with Crippen LogP contribution in [-0.2, 0) is 10.9 Å². The number of alkyl halides is 3. The van der Waals surface area contributed by atoms with Crippen LogP contribution in [-0.4, -0.2) is 45.9 Å². The molecular weight excluding hydrogens is 347 g/mol. The molecular formula is C18H20F3N3O2. The van der Waals surface area contributed by atoms with Crippen LogP contribution in [0.3, 0.4) is 0 Å². The Morgan fingerprint density at radius 3 is 2.27 bits per heavy atom. The first-order valence-corrected chi connectivity index (χ1v) is 8.34. The highest BCUT2D eigenvalue weighted by Crippen LogP contribution is 2.34. The molecule has 1 fully saturated rings. The van der Waals surface area contributed by atoms with Gasteiger partial charge in [-0.3, -0.25) is 4.79 Å². The number of morpholine rings is 1. The summed E-state index contributed by atoms with van der Waals surface area (Å²) in [5, 5.41) is 3.85. The summed E-state index contributed by atoms with van der Waals surface area (Å²) < 4.78 is 47.5. The van der Waals surface area contributed by atoms with Gasteiger partial charge in [0.2, 0.25) is 0 Å². The van der Waals surface area contributed by atoms with Crippen molar-refractivity contribution in [2.24, 2.45) is 0 Å². The van der Waals surface area contributed by atoms with Crippen LogP contribution in [0.2, 0.25) is 0 Å². The summed E-state index contributed by atoms with van der Waals surface area (Å²) >= 11 is 0. The van der Waals surface area contributed by atoms with Gasteiger partial charge in [-0.15, -0.1) is 0 Å². The zero-order valence-corrected chi connectivity index (χ0v) is 14.7. The third-order valence-corrected chi connectivity index (χ3v) is 4.25. The van der Waals surface area contributed by atoms with Gasteiger partial charge in [0.1, 0.15) is 0 Å². The Kier molecular flexibility index (Phi) is 4.79. The highest BCUT2D eigenvalue weighted by Gasteiger charge is 2.42. The second-order valence-corrected chi connectivity index (χ2v) is 6.62. The lowest BCUT2D eigenvalue weighted by Gasteiger charge is -2.35. The van der Waals surface area contributed by atoms with Crippen molar-refractivity contribution < 1.29 is 22.7 Å². The summed E-state index contributed by atoms with van der Waals surface area (Å²) in [5.41, 5.74) is -0.328. The lowest BCUT2D eigenvalue weighted by molar-refractivity contribution is -0.143. The molecule has 1 aliphatic rings. The van der Waals surface area contributed by atoms with Crippen molar-refractivity contribution in [2.75, 3.05) is 13.1 Å². The smallest absolute Gasteiger partial charge is 0.372 e. The summed E-state index contributed by atoms with van der Waals surface area (Å²) in [6, 6.07) is 6.49. The van der Waals surface area contributed by atoms with Crippen LogP contribution in [0.5, 0.6) is 0 Å². The summed E-state index contributed by atoms with van der Waals surface area (Å²) in [5.74, 6) is -0.683. The monoisotopic (exact) mass is 367 g/mol. The number of nitrogens with zero attached hydrogens (tertiary/aromatic N) is 3. The summed E-state index contributed by atoms with van der Waals surface area (Å²) in [4.78, 5) is 14.2. The van der Waals surface area contributed by atoms with Crippen molar-refractivity contribution in [3.05, 3.63) is 47.3 Å². The molecule has 1 aromatic carbocycles. The van der Waals surface area contributed by atoms with E-state index in [-0.39, 0.29) is 31.0 Å². The van der Waals surface area contributed by atoms with E-state index in [1.807, 2.05) is 6.92 Å². The molecule has 2 aromatic rings. The number of ether oxygens (including phenoxy) is 1. The van der Waals surface area contributed by atoms with E-state index in [2.05, 4.69) is 5.10 Å². The fourth-order valence-corrected chi connectivity index (χ4v) is 3.17. The third-order valence-electron chi connectivity index (χ3n) is 4.25. The topological polar surface area (TPSA) is 47.4 Å². The fraction of sp³-hybridized carbons (Fsp3) is 0.444. The quantitative estimate of drug-likeness (QED) is 0.817. The number of amides is 1. The van der Waals surface area contributed by atoms with Gasteiger partial charge in [-0.05, 0) is 32.9 Å². The van der Waals surface area contributed by atoms with Gasteiger partial charge in [-0.25, -0.2) is 4.68 Å². The Morgan fingerprint density at radius 1 is 1.15 bits per heavy atom. The summed E-state index contributed by atoms with van der Waals surface area (Å²) in [7, 11) is 0. The van der Waals surface area contributed by atoms with Gasteiger partial charge < -0.3 is 9.64 Å². The van der Waals surface area contributed by atoms with Crippen LogP contribution < -0.4 is 0 Å². The Labute approximate surface area is 149 Å². The normalized spacial score (nSPS) is 21.1. The maximum Gasteiger partial charge on any atom is 0.434 e. The van der Waals surface area contributed by atoms with Crippen LogP contribution in [0.25, 0.3) is 5.69 Å². The fourth-order valence-electron chi connectivity index (χ4n) is 3.17. The van der Waals surface area contributed by atoms with E-state index in [1.54, 1.807) is 38.1 Å². The maximum absolute atomic E-state index is 13.7. The molecule has 2 atom stereocenters. The number of hydrogen-bond donors (Lipinski definition) is 0. The van der Waals surface area contributed by atoms with Gasteiger partial charge in [0.25, 0.3) is 5.91 Å². The standard InChI is InChI=1S/C18H20F3N3O2/c1-11-4-6-14(7-5-11)24-16(18(19,20)21)15(8-22-24)17(25)23-9-12(2)26-13(3)10-23/h4-8,12-13H,9-10H2,1-3H3/t12-,13-/m1/s1. The Bertz CT molecular complexity index is 789. The minimum absolute atomic E-state index is 0.232. The highest BCUT2D eigenvalue weighted by atomic mass is 19.4. The zero-order valence-electron chi connectivity index (χ0n) is 14.7. The molecule has 0 spiro atoms. The van der Waals surface area contributed by atoms with Gasteiger partial charge in [0, 0.05) is 13.1 Å². The second kappa shape index (κ2) is 6.75. The molecule has 26 heavy (non-hydrogen) atoms. The predicted molar refractivity (Wildman–Crippen MR) is 89.2 cm³/mol. The number of aromatic nitrogens is 2. The van der Waals surface area contributed by atoms with Crippen molar-refractivity contribution in [3.8, 4) is 5.69 Å². The number of carbonyl (C=O) groups excluding carboxylic acids is 1. The lowest BCUT2D eigenvalue weighted by Crippen LogP contribution is -2.48. The lowest BCUT2D eigenvalue weighted by atomic mass is 10.1. The van der Waals surface area contributed by atoms with Gasteiger partial charge in [0.05, 0.1) is 29.7 Å². The van der Waals surface area contributed by atoms with Gasteiger partial charge in [-0.2, -0.15) is 18.3 Å². The predicted octanol–water partition coefficient (Wildman–Crippen LogP) is 3.45. The molecule has 5 nitrogen and oxygen atoms in total. The largest absolute Gasteiger partial charge is 0.434 e. The van der Waals surface area contributed by atoms with Crippen LogP contribution >= 0.6 is 0 Å². The molecule has 0 radical (unpaired) electrons. The number of rotatable bonds is 2. The molecule has 0 aliphatic carbocycles. The van der Waals surface area contributed by atoms with E-state index < -0.39 is 23.3 Å². The molecule has 1 aliphatic heterocycles. The first kappa shape index (κ1) is 18.4. The molecule has 8 heteroatoms. The number of halogens is 3. The average Bonchev–Trinajstić information content (AvgIpc) is 2.99. The van der Waals surface area contributed by atoms with Crippen molar-refractivity contribution in [1.29, 1.82) is 0 Å². The van der Waals surface area contributed by atoms with E-state index in [4.69, 9.17) is 4.74 Å². The maximum atomic E-state index is 13.7. The van der Waals surface area contributed by atoms with Gasteiger partial charge in [-0.1, -0.05) is 17.7 Å². The van der Waals surface area contributed by atoms with Crippen LogP contribution in [0.15, 0.2) is 30.5 Å². The highest BCUT2D eigenvalue weighted by molar-refractivity contribution is 5.95. The average molecular weight is 367 g/mol. The van der Waals surface area contributed by atoms with E-state index in [1.165, 1.54) is 4.90 Å². The van der Waals surface area contributed by atoms with E-state index >= 15 is 0 Å². The van der Waals surface area contributed by atoms with E-state index in [0.29, 0.717) is 0 Å². The van der Waals surface area contributed by atoms with Gasteiger partial charge >= 0.3 is 6.18 Å². The Hall–Kier alpha value is -2.35. The molecule has 140 valence electrons. The molecule has 0 N–H and O–H groups in total. The molecule has 2 heterocycles. The Balaban J connectivity index is 2.02. The number of hydrogen-bond acceptors (Lipinski definition) is 3. The van der Waals surface area contributed by atoms with Gasteiger partial charge in [0.15, 0.2) is 5.69 Å². The number of carbonyl (C=O) groups is 1. The van der Waals surface area contributed by atoms with Crippen molar-refractivity contribution in [2.45, 2.75) is 39.2 Å². The third kappa shape index (κ3) is 3.60. The number of aryl methyl sites for hydroxylation is 1. The molecule has 1 aromatic heterocycles. The van der Waals surface area contributed by atoms with Crippen LogP contribution in [0.1, 0.15) is 35.5 Å². The molecule has 3 rings (SSSR count). The minimum Gasteiger partial charge on any atom is -0.372 e. The van der Waals surface area contributed by atoms with Crippen molar-refractivity contribution >= 4 is 5.91 Å². The molecule has 0 saturated carbocycles. The van der Waals surface area contributed by atoms with E-state index in [9.17, 15) is 18.0 Å². The molecule has 0 unspecified atom stereocenters. The molecule has 1 saturated heterocycles.